The summed E-state index contributed by atoms with van der Waals surface area (Å²) in [6, 6.07) is 1.73. The summed E-state index contributed by atoms with van der Waals surface area (Å²) in [5.74, 6) is -0.337. The predicted octanol–water partition coefficient (Wildman–Crippen LogP) is 3.08. The molecule has 0 fully saturated rings. The second-order valence-corrected chi connectivity index (χ2v) is 6.12. The van der Waals surface area contributed by atoms with Gasteiger partial charge in [-0.05, 0) is 37.9 Å². The van der Waals surface area contributed by atoms with Gasteiger partial charge in [0, 0.05) is 7.11 Å². The molecule has 0 aliphatic carbocycles. The van der Waals surface area contributed by atoms with E-state index in [1.54, 1.807) is 13.2 Å². The average molecular weight is 344 g/mol. The number of hydrogen-bond acceptors (Lipinski definition) is 4. The molecule has 0 atom stereocenters. The standard InChI is InChI=1S/C8H8Br2O3S/c1-12-2-3-13-8(11)5-4-6(9)14-7(5)10/h4H,2-3H2,1H3. The molecule has 0 N–H and O–H groups in total. The van der Waals surface area contributed by atoms with Crippen LogP contribution in [-0.4, -0.2) is 26.3 Å². The van der Waals surface area contributed by atoms with Crippen LogP contribution < -0.4 is 0 Å². The minimum atomic E-state index is -0.337. The van der Waals surface area contributed by atoms with Crippen molar-refractivity contribution in [3.8, 4) is 0 Å². The molecule has 0 radical (unpaired) electrons. The minimum absolute atomic E-state index is 0.273. The molecule has 0 amide bonds. The predicted molar refractivity (Wildman–Crippen MR) is 61.9 cm³/mol. The molecule has 0 unspecified atom stereocenters. The normalized spacial score (nSPS) is 10.2. The quantitative estimate of drug-likeness (QED) is 0.622. The Morgan fingerprint density at radius 2 is 2.21 bits per heavy atom. The van der Waals surface area contributed by atoms with Crippen LogP contribution in [0.1, 0.15) is 10.4 Å². The van der Waals surface area contributed by atoms with E-state index in [9.17, 15) is 4.79 Å². The van der Waals surface area contributed by atoms with Crippen molar-refractivity contribution in [1.29, 1.82) is 0 Å². The summed E-state index contributed by atoms with van der Waals surface area (Å²) < 4.78 is 11.4. The number of carbonyl (C=O) groups excluding carboxylic acids is 1. The van der Waals surface area contributed by atoms with Crippen LogP contribution >= 0.6 is 43.2 Å². The molecular weight excluding hydrogens is 336 g/mol. The summed E-state index contributed by atoms with van der Waals surface area (Å²) in [5.41, 5.74) is 0.540. The van der Waals surface area contributed by atoms with E-state index >= 15 is 0 Å². The third kappa shape index (κ3) is 3.34. The number of methoxy groups -OCH3 is 1. The molecule has 0 bridgehead atoms. The Balaban J connectivity index is 2.56. The number of esters is 1. The molecule has 3 nitrogen and oxygen atoms in total. The number of hydrogen-bond donors (Lipinski definition) is 0. The zero-order valence-electron chi connectivity index (χ0n) is 7.38. The summed E-state index contributed by atoms with van der Waals surface area (Å²) in [7, 11) is 1.56. The third-order valence-electron chi connectivity index (χ3n) is 1.40. The van der Waals surface area contributed by atoms with E-state index in [0.29, 0.717) is 12.2 Å². The Labute approximate surface area is 103 Å². The molecule has 14 heavy (non-hydrogen) atoms. The molecule has 0 spiro atoms. The molecule has 1 rings (SSSR count). The van der Waals surface area contributed by atoms with Gasteiger partial charge in [0.1, 0.15) is 6.61 Å². The fourth-order valence-electron chi connectivity index (χ4n) is 0.775. The Morgan fingerprint density at radius 3 is 2.71 bits per heavy atom. The van der Waals surface area contributed by atoms with Crippen molar-refractivity contribution in [2.75, 3.05) is 20.3 Å². The van der Waals surface area contributed by atoms with E-state index in [1.165, 1.54) is 11.3 Å². The molecule has 78 valence electrons. The van der Waals surface area contributed by atoms with Crippen LogP contribution in [0.2, 0.25) is 0 Å². The summed E-state index contributed by atoms with van der Waals surface area (Å²) in [6.07, 6.45) is 0. The molecule has 0 aliphatic rings. The van der Waals surface area contributed by atoms with Crippen molar-refractivity contribution >= 4 is 49.2 Å². The second-order valence-electron chi connectivity index (χ2n) is 2.37. The van der Waals surface area contributed by atoms with Crippen molar-refractivity contribution in [3.05, 3.63) is 19.2 Å². The van der Waals surface area contributed by atoms with Crippen LogP contribution in [-0.2, 0) is 9.47 Å². The first-order valence-electron chi connectivity index (χ1n) is 3.76. The maximum absolute atomic E-state index is 11.4. The van der Waals surface area contributed by atoms with Crippen LogP contribution in [0.5, 0.6) is 0 Å². The van der Waals surface area contributed by atoms with Gasteiger partial charge in [-0.2, -0.15) is 0 Å². The first kappa shape index (κ1) is 12.2. The lowest BCUT2D eigenvalue weighted by Crippen LogP contribution is -2.09. The van der Waals surface area contributed by atoms with Gasteiger partial charge in [0.05, 0.1) is 19.7 Å². The third-order valence-corrected chi connectivity index (χ3v) is 3.74. The van der Waals surface area contributed by atoms with E-state index in [2.05, 4.69) is 31.9 Å². The van der Waals surface area contributed by atoms with Gasteiger partial charge in [0.15, 0.2) is 0 Å². The van der Waals surface area contributed by atoms with Gasteiger partial charge >= 0.3 is 5.97 Å². The van der Waals surface area contributed by atoms with E-state index in [0.717, 1.165) is 7.57 Å². The lowest BCUT2D eigenvalue weighted by atomic mass is 10.3. The molecule has 0 saturated carbocycles. The van der Waals surface area contributed by atoms with Gasteiger partial charge in [-0.25, -0.2) is 4.79 Å². The highest BCUT2D eigenvalue weighted by atomic mass is 79.9. The van der Waals surface area contributed by atoms with E-state index in [1.807, 2.05) is 0 Å². The van der Waals surface area contributed by atoms with E-state index < -0.39 is 0 Å². The molecule has 0 saturated heterocycles. The van der Waals surface area contributed by atoms with Gasteiger partial charge < -0.3 is 9.47 Å². The Bertz CT molecular complexity index is 324. The van der Waals surface area contributed by atoms with E-state index in [-0.39, 0.29) is 12.6 Å². The Kier molecular flexibility index (Phi) is 5.08. The van der Waals surface area contributed by atoms with Crippen molar-refractivity contribution in [2.24, 2.45) is 0 Å². The zero-order valence-corrected chi connectivity index (χ0v) is 11.4. The number of thiophene rings is 1. The first-order chi connectivity index (χ1) is 6.65. The highest BCUT2D eigenvalue weighted by molar-refractivity contribution is 9.12. The second kappa shape index (κ2) is 5.85. The monoisotopic (exact) mass is 342 g/mol. The van der Waals surface area contributed by atoms with Crippen molar-refractivity contribution in [2.45, 2.75) is 0 Å². The SMILES string of the molecule is COCCOC(=O)c1cc(Br)sc1Br. The first-order valence-corrected chi connectivity index (χ1v) is 6.16. The van der Waals surface area contributed by atoms with Crippen molar-refractivity contribution in [1.82, 2.24) is 0 Å². The zero-order chi connectivity index (χ0) is 10.6. The maximum atomic E-state index is 11.4. The smallest absolute Gasteiger partial charge is 0.340 e. The lowest BCUT2D eigenvalue weighted by Gasteiger charge is -2.02. The van der Waals surface area contributed by atoms with Gasteiger partial charge in [0.25, 0.3) is 0 Å². The van der Waals surface area contributed by atoms with Crippen LogP contribution in [0.25, 0.3) is 0 Å². The summed E-state index contributed by atoms with van der Waals surface area (Å²) in [6.45, 7) is 0.684. The van der Waals surface area contributed by atoms with Crippen LogP contribution in [0.15, 0.2) is 13.6 Å². The molecule has 1 aromatic heterocycles. The van der Waals surface area contributed by atoms with Crippen molar-refractivity contribution in [3.63, 3.8) is 0 Å². The summed E-state index contributed by atoms with van der Waals surface area (Å²) >= 11 is 8.01. The van der Waals surface area contributed by atoms with Crippen molar-refractivity contribution < 1.29 is 14.3 Å². The molecule has 0 aliphatic heterocycles. The Hall–Kier alpha value is 0.0900. The summed E-state index contributed by atoms with van der Waals surface area (Å²) in [5, 5.41) is 0. The molecule has 6 heteroatoms. The number of halogens is 2. The minimum Gasteiger partial charge on any atom is -0.460 e. The van der Waals surface area contributed by atoms with Gasteiger partial charge in [-0.3, -0.25) is 0 Å². The fraction of sp³-hybridized carbons (Fsp3) is 0.375. The van der Waals surface area contributed by atoms with Gasteiger partial charge in [-0.1, -0.05) is 0 Å². The van der Waals surface area contributed by atoms with Crippen LogP contribution in [0.3, 0.4) is 0 Å². The highest BCUT2D eigenvalue weighted by Gasteiger charge is 2.14. The average Bonchev–Trinajstić information content (AvgIpc) is 2.45. The molecule has 1 heterocycles. The number of ether oxygens (including phenoxy) is 2. The number of rotatable bonds is 4. The molecule has 0 aromatic carbocycles. The van der Waals surface area contributed by atoms with E-state index in [4.69, 9.17) is 9.47 Å². The number of carbonyl (C=O) groups is 1. The lowest BCUT2D eigenvalue weighted by molar-refractivity contribution is 0.0388. The van der Waals surface area contributed by atoms with Crippen LogP contribution in [0, 0.1) is 0 Å². The summed E-state index contributed by atoms with van der Waals surface area (Å²) in [4.78, 5) is 11.4. The highest BCUT2D eigenvalue weighted by Crippen LogP contribution is 2.32. The molecule has 1 aromatic rings. The fourth-order valence-corrected chi connectivity index (χ4v) is 3.54. The van der Waals surface area contributed by atoms with Gasteiger partial charge in [0.2, 0.25) is 0 Å². The molecular formula is C8H8Br2O3S. The Morgan fingerprint density at radius 1 is 1.50 bits per heavy atom. The van der Waals surface area contributed by atoms with Gasteiger partial charge in [-0.15, -0.1) is 11.3 Å². The maximum Gasteiger partial charge on any atom is 0.340 e. The largest absolute Gasteiger partial charge is 0.460 e. The topological polar surface area (TPSA) is 35.5 Å². The van der Waals surface area contributed by atoms with Crippen LogP contribution in [0.4, 0.5) is 0 Å².